The Bertz CT molecular complexity index is 1030. The lowest BCUT2D eigenvalue weighted by Crippen LogP contribution is -2.49. The van der Waals surface area contributed by atoms with E-state index < -0.39 is 6.09 Å². The molecule has 1 aromatic carbocycles. The first kappa shape index (κ1) is 22.0. The Morgan fingerprint density at radius 3 is 2.56 bits per heavy atom. The van der Waals surface area contributed by atoms with Gasteiger partial charge in [-0.25, -0.2) is 9.48 Å². The SMILES string of the molecule is C[C@H]1CCC[C@H](C)N1C(=O)Cn1nc2c(cc1=O)CN(C(=O)OCc1ccccc1)CC2. The van der Waals surface area contributed by atoms with E-state index >= 15 is 0 Å². The van der Waals surface area contributed by atoms with E-state index in [0.717, 1.165) is 30.5 Å². The quantitative estimate of drug-likeness (QED) is 0.733. The molecule has 4 rings (SSSR count). The van der Waals surface area contributed by atoms with Gasteiger partial charge in [-0.1, -0.05) is 30.3 Å². The third kappa shape index (κ3) is 4.84. The molecule has 8 heteroatoms. The van der Waals surface area contributed by atoms with Crippen molar-refractivity contribution in [2.45, 2.75) is 71.3 Å². The number of ether oxygens (including phenoxy) is 1. The number of carbonyl (C=O) groups is 2. The average Bonchev–Trinajstić information content (AvgIpc) is 2.78. The predicted octanol–water partition coefficient (Wildman–Crippen LogP) is 2.73. The number of fused-ring (bicyclic) bond motifs is 1. The molecule has 0 radical (unpaired) electrons. The van der Waals surface area contributed by atoms with Gasteiger partial charge in [0.15, 0.2) is 0 Å². The van der Waals surface area contributed by atoms with E-state index in [2.05, 4.69) is 18.9 Å². The molecule has 1 saturated heterocycles. The molecule has 0 spiro atoms. The van der Waals surface area contributed by atoms with Crippen LogP contribution in [0.25, 0.3) is 0 Å². The highest BCUT2D eigenvalue weighted by atomic mass is 16.6. The molecule has 0 bridgehead atoms. The number of rotatable bonds is 4. The number of piperidine rings is 1. The molecule has 0 saturated carbocycles. The van der Waals surface area contributed by atoms with E-state index in [0.29, 0.717) is 18.5 Å². The summed E-state index contributed by atoms with van der Waals surface area (Å²) in [5.74, 6) is -0.0684. The summed E-state index contributed by atoms with van der Waals surface area (Å²) in [6.45, 7) is 5.01. The second kappa shape index (κ2) is 9.54. The first-order valence-corrected chi connectivity index (χ1v) is 11.3. The van der Waals surface area contributed by atoms with Gasteiger partial charge >= 0.3 is 6.09 Å². The van der Waals surface area contributed by atoms with Gasteiger partial charge in [0.05, 0.1) is 12.2 Å². The Hall–Kier alpha value is -3.16. The zero-order chi connectivity index (χ0) is 22.7. The molecule has 0 unspecified atom stereocenters. The summed E-state index contributed by atoms with van der Waals surface area (Å²) < 4.78 is 6.67. The average molecular weight is 439 g/mol. The van der Waals surface area contributed by atoms with Crippen LogP contribution < -0.4 is 5.56 Å². The minimum Gasteiger partial charge on any atom is -0.445 e. The van der Waals surface area contributed by atoms with Crippen LogP contribution in [-0.4, -0.2) is 50.2 Å². The maximum Gasteiger partial charge on any atom is 0.410 e. The first-order valence-electron chi connectivity index (χ1n) is 11.3. The maximum atomic E-state index is 12.9. The van der Waals surface area contributed by atoms with Crippen LogP contribution in [0.15, 0.2) is 41.2 Å². The van der Waals surface area contributed by atoms with Crippen molar-refractivity contribution in [2.24, 2.45) is 0 Å². The van der Waals surface area contributed by atoms with E-state index in [4.69, 9.17) is 4.74 Å². The van der Waals surface area contributed by atoms with Crippen LogP contribution in [-0.2, 0) is 35.6 Å². The van der Waals surface area contributed by atoms with Crippen LogP contribution >= 0.6 is 0 Å². The lowest BCUT2D eigenvalue weighted by Gasteiger charge is -2.39. The fourth-order valence-corrected chi connectivity index (χ4v) is 4.64. The first-order chi connectivity index (χ1) is 15.4. The molecule has 1 fully saturated rings. The van der Waals surface area contributed by atoms with Crippen molar-refractivity contribution < 1.29 is 14.3 Å². The number of nitrogens with zero attached hydrogens (tertiary/aromatic N) is 4. The normalized spacial score (nSPS) is 20.6. The highest BCUT2D eigenvalue weighted by Crippen LogP contribution is 2.23. The van der Waals surface area contributed by atoms with Crippen molar-refractivity contribution in [3.05, 3.63) is 63.6 Å². The van der Waals surface area contributed by atoms with Crippen molar-refractivity contribution >= 4 is 12.0 Å². The Balaban J connectivity index is 1.40. The van der Waals surface area contributed by atoms with Crippen LogP contribution in [0.1, 0.15) is 49.9 Å². The molecular weight excluding hydrogens is 408 g/mol. The van der Waals surface area contributed by atoms with Gasteiger partial charge < -0.3 is 14.5 Å². The Morgan fingerprint density at radius 2 is 1.84 bits per heavy atom. The summed E-state index contributed by atoms with van der Waals surface area (Å²) in [6.07, 6.45) is 3.19. The van der Waals surface area contributed by atoms with Crippen molar-refractivity contribution in [3.8, 4) is 0 Å². The summed E-state index contributed by atoms with van der Waals surface area (Å²) in [5, 5.41) is 4.46. The monoisotopic (exact) mass is 438 g/mol. The number of carbonyl (C=O) groups excluding carboxylic acids is 2. The van der Waals surface area contributed by atoms with Gasteiger partial charge in [0.25, 0.3) is 5.56 Å². The van der Waals surface area contributed by atoms with Crippen LogP contribution in [0, 0.1) is 0 Å². The zero-order valence-corrected chi connectivity index (χ0v) is 18.7. The molecule has 170 valence electrons. The van der Waals surface area contributed by atoms with Gasteiger partial charge in [-0.2, -0.15) is 5.10 Å². The Labute approximate surface area is 187 Å². The standard InChI is InChI=1S/C24H30N4O4/c1-17-7-6-8-18(2)28(17)23(30)15-27-22(29)13-20-14-26(12-11-21(20)25-27)24(31)32-16-19-9-4-3-5-10-19/h3-5,9-10,13,17-18H,6-8,11-12,14-16H2,1-2H3/t17-,18-/m0/s1. The summed E-state index contributed by atoms with van der Waals surface area (Å²) in [4.78, 5) is 41.5. The van der Waals surface area contributed by atoms with Crippen LogP contribution in [0.2, 0.25) is 0 Å². The van der Waals surface area contributed by atoms with E-state index in [1.165, 1.54) is 10.7 Å². The van der Waals surface area contributed by atoms with Crippen molar-refractivity contribution in [1.29, 1.82) is 0 Å². The van der Waals surface area contributed by atoms with Crippen LogP contribution in [0.4, 0.5) is 4.79 Å². The fraction of sp³-hybridized carbons (Fsp3) is 0.500. The van der Waals surface area contributed by atoms with Gasteiger partial charge in [-0.15, -0.1) is 0 Å². The van der Waals surface area contributed by atoms with Crippen molar-refractivity contribution in [1.82, 2.24) is 19.6 Å². The molecule has 3 heterocycles. The number of hydrogen-bond acceptors (Lipinski definition) is 5. The Kier molecular flexibility index (Phi) is 6.58. The third-order valence-electron chi connectivity index (χ3n) is 6.37. The second-order valence-electron chi connectivity index (χ2n) is 8.75. The topological polar surface area (TPSA) is 84.7 Å². The minimum atomic E-state index is -0.410. The molecule has 2 aliphatic heterocycles. The van der Waals surface area contributed by atoms with E-state index in [1.54, 1.807) is 4.90 Å². The van der Waals surface area contributed by atoms with Gasteiger partial charge in [-0.05, 0) is 38.7 Å². The summed E-state index contributed by atoms with van der Waals surface area (Å²) >= 11 is 0. The highest BCUT2D eigenvalue weighted by Gasteiger charge is 2.30. The number of amides is 2. The molecular formula is C24H30N4O4. The number of benzene rings is 1. The van der Waals surface area contributed by atoms with Crippen molar-refractivity contribution in [3.63, 3.8) is 0 Å². The van der Waals surface area contributed by atoms with E-state index in [1.807, 2.05) is 35.2 Å². The van der Waals surface area contributed by atoms with E-state index in [-0.39, 0.29) is 43.2 Å². The number of hydrogen-bond donors (Lipinski definition) is 0. The smallest absolute Gasteiger partial charge is 0.410 e. The summed E-state index contributed by atoms with van der Waals surface area (Å²) in [5.41, 5.74) is 2.06. The molecule has 0 N–H and O–H groups in total. The molecule has 32 heavy (non-hydrogen) atoms. The zero-order valence-electron chi connectivity index (χ0n) is 18.7. The Morgan fingerprint density at radius 1 is 1.12 bits per heavy atom. The molecule has 1 aromatic heterocycles. The molecule has 8 nitrogen and oxygen atoms in total. The molecule has 2 aromatic rings. The molecule has 2 amide bonds. The largest absolute Gasteiger partial charge is 0.445 e. The van der Waals surface area contributed by atoms with Crippen molar-refractivity contribution in [2.75, 3.05) is 6.54 Å². The predicted molar refractivity (Wildman–Crippen MR) is 119 cm³/mol. The fourth-order valence-electron chi connectivity index (χ4n) is 4.64. The second-order valence-corrected chi connectivity index (χ2v) is 8.75. The van der Waals surface area contributed by atoms with Gasteiger partial charge in [0, 0.05) is 36.7 Å². The summed E-state index contributed by atoms with van der Waals surface area (Å²) in [6, 6.07) is 11.4. The summed E-state index contributed by atoms with van der Waals surface area (Å²) in [7, 11) is 0. The lowest BCUT2D eigenvalue weighted by atomic mass is 9.97. The van der Waals surface area contributed by atoms with Crippen LogP contribution in [0.3, 0.4) is 0 Å². The van der Waals surface area contributed by atoms with Gasteiger partial charge in [0.2, 0.25) is 5.91 Å². The van der Waals surface area contributed by atoms with Crippen LogP contribution in [0.5, 0.6) is 0 Å². The van der Waals surface area contributed by atoms with Gasteiger partial charge in [-0.3, -0.25) is 9.59 Å². The molecule has 2 atom stereocenters. The van der Waals surface area contributed by atoms with Gasteiger partial charge in [0.1, 0.15) is 13.2 Å². The lowest BCUT2D eigenvalue weighted by molar-refractivity contribution is -0.138. The maximum absolute atomic E-state index is 12.9. The molecule has 2 aliphatic rings. The number of likely N-dealkylation sites (tertiary alicyclic amines) is 1. The number of aromatic nitrogens is 2. The minimum absolute atomic E-state index is 0.0520. The van der Waals surface area contributed by atoms with E-state index in [9.17, 15) is 14.4 Å². The third-order valence-corrected chi connectivity index (χ3v) is 6.37. The highest BCUT2D eigenvalue weighted by molar-refractivity contribution is 5.76. The molecule has 0 aliphatic carbocycles.